The van der Waals surface area contributed by atoms with E-state index in [4.69, 9.17) is 5.11 Å². The number of anilines is 1. The van der Waals surface area contributed by atoms with Gasteiger partial charge in [-0.3, -0.25) is 4.79 Å². The molecule has 2 rings (SSSR count). The number of amides is 1. The smallest absolute Gasteiger partial charge is 0.345 e. The number of hydrogen-bond donors (Lipinski definition) is 2. The van der Waals surface area contributed by atoms with Crippen molar-refractivity contribution in [2.75, 3.05) is 4.90 Å². The van der Waals surface area contributed by atoms with E-state index in [1.807, 2.05) is 0 Å². The van der Waals surface area contributed by atoms with E-state index in [2.05, 4.69) is 0 Å². The van der Waals surface area contributed by atoms with E-state index in [1.165, 1.54) is 4.90 Å². The number of aliphatic carboxylic acids is 1. The molecule has 90 valence electrons. The van der Waals surface area contributed by atoms with Gasteiger partial charge >= 0.3 is 5.97 Å². The second-order valence-corrected chi connectivity index (χ2v) is 4.23. The van der Waals surface area contributed by atoms with Crippen LogP contribution in [0.4, 0.5) is 5.69 Å². The molecule has 0 aromatic heterocycles. The summed E-state index contributed by atoms with van der Waals surface area (Å²) in [7, 11) is 0. The topological polar surface area (TPSA) is 77.8 Å². The van der Waals surface area contributed by atoms with E-state index in [-0.39, 0.29) is 12.5 Å². The molecule has 0 aliphatic carbocycles. The highest BCUT2D eigenvalue weighted by atomic mass is 16.4. The van der Waals surface area contributed by atoms with Crippen molar-refractivity contribution in [2.24, 2.45) is 0 Å². The first-order valence-electron chi connectivity index (χ1n) is 5.31. The summed E-state index contributed by atoms with van der Waals surface area (Å²) in [4.78, 5) is 24.3. The number of aliphatic hydroxyl groups is 1. The molecule has 2 N–H and O–H groups in total. The molecule has 1 heterocycles. The van der Waals surface area contributed by atoms with Gasteiger partial charge in [0.15, 0.2) is 0 Å². The van der Waals surface area contributed by atoms with Crippen LogP contribution in [0.3, 0.4) is 0 Å². The van der Waals surface area contributed by atoms with Gasteiger partial charge in [0, 0.05) is 18.2 Å². The Balaban J connectivity index is 2.39. The third kappa shape index (κ3) is 1.68. The number of nitrogens with zero attached hydrogens (tertiary/aromatic N) is 1. The monoisotopic (exact) mass is 235 g/mol. The van der Waals surface area contributed by atoms with Crippen molar-refractivity contribution in [1.29, 1.82) is 0 Å². The summed E-state index contributed by atoms with van der Waals surface area (Å²) in [5.74, 6) is -2.27. The van der Waals surface area contributed by atoms with Crippen LogP contribution in [0, 0.1) is 0 Å². The largest absolute Gasteiger partial charge is 0.479 e. The molecule has 1 aromatic rings. The summed E-state index contributed by atoms with van der Waals surface area (Å²) in [6.07, 6.45) is -0.101. The first-order valence-corrected chi connectivity index (χ1v) is 5.31. The predicted octanol–water partition coefficient (Wildman–Crippen LogP) is 0.627. The first-order chi connectivity index (χ1) is 7.97. The van der Waals surface area contributed by atoms with Crippen LogP contribution in [0.5, 0.6) is 0 Å². The minimum absolute atomic E-state index is 0.101. The van der Waals surface area contributed by atoms with Crippen LogP contribution in [0.25, 0.3) is 0 Å². The van der Waals surface area contributed by atoms with Crippen LogP contribution in [-0.4, -0.2) is 33.7 Å². The molecule has 1 fully saturated rings. The fourth-order valence-electron chi connectivity index (χ4n) is 2.14. The number of carbonyl (C=O) groups is 2. The zero-order valence-corrected chi connectivity index (χ0v) is 9.33. The summed E-state index contributed by atoms with van der Waals surface area (Å²) < 4.78 is 0. The number of carboxylic acids is 1. The lowest BCUT2D eigenvalue weighted by atomic mass is 10.0. The zero-order chi connectivity index (χ0) is 12.6. The Hall–Kier alpha value is -1.88. The molecule has 1 aliphatic rings. The van der Waals surface area contributed by atoms with E-state index < -0.39 is 17.5 Å². The molecule has 0 spiro atoms. The minimum atomic E-state index is -2.30. The highest BCUT2D eigenvalue weighted by Crippen LogP contribution is 2.32. The fraction of sp³-hybridized carbons (Fsp3) is 0.333. The second-order valence-electron chi connectivity index (χ2n) is 4.23. The Morgan fingerprint density at radius 2 is 2.00 bits per heavy atom. The number of hydrogen-bond acceptors (Lipinski definition) is 3. The number of benzene rings is 1. The van der Waals surface area contributed by atoms with Gasteiger partial charge in [-0.1, -0.05) is 18.2 Å². The highest BCUT2D eigenvalue weighted by Gasteiger charge is 2.55. The number of rotatable bonds is 2. The average molecular weight is 235 g/mol. The molecular formula is C12H13NO4. The minimum Gasteiger partial charge on any atom is -0.479 e. The maximum atomic E-state index is 12.0. The Kier molecular flexibility index (Phi) is 2.63. The van der Waals surface area contributed by atoms with Crippen molar-refractivity contribution in [3.05, 3.63) is 30.3 Å². The molecular weight excluding hydrogens is 222 g/mol. The van der Waals surface area contributed by atoms with E-state index in [1.54, 1.807) is 37.3 Å². The molecule has 1 aromatic carbocycles. The van der Waals surface area contributed by atoms with Crippen LogP contribution in [0.1, 0.15) is 13.3 Å². The van der Waals surface area contributed by atoms with Gasteiger partial charge in [0.25, 0.3) is 5.91 Å². The van der Waals surface area contributed by atoms with Crippen LogP contribution in [-0.2, 0) is 9.59 Å². The Bertz CT molecular complexity index is 459. The van der Waals surface area contributed by atoms with Crippen LogP contribution in [0.15, 0.2) is 30.3 Å². The van der Waals surface area contributed by atoms with Gasteiger partial charge in [-0.05, 0) is 19.1 Å². The van der Waals surface area contributed by atoms with E-state index >= 15 is 0 Å². The molecule has 17 heavy (non-hydrogen) atoms. The van der Waals surface area contributed by atoms with Crippen molar-refractivity contribution < 1.29 is 19.8 Å². The lowest BCUT2D eigenvalue weighted by Crippen LogP contribution is -2.46. The lowest BCUT2D eigenvalue weighted by Gasteiger charge is -2.21. The van der Waals surface area contributed by atoms with Crippen molar-refractivity contribution in [3.63, 3.8) is 0 Å². The van der Waals surface area contributed by atoms with Gasteiger partial charge in [-0.15, -0.1) is 0 Å². The number of carbonyl (C=O) groups excluding carboxylic acids is 1. The van der Waals surface area contributed by atoms with Crippen molar-refractivity contribution in [1.82, 2.24) is 0 Å². The van der Waals surface area contributed by atoms with Crippen molar-refractivity contribution in [2.45, 2.75) is 25.0 Å². The van der Waals surface area contributed by atoms with Crippen LogP contribution >= 0.6 is 0 Å². The Labute approximate surface area is 98.3 Å². The molecule has 1 saturated heterocycles. The Morgan fingerprint density at radius 1 is 1.41 bits per heavy atom. The molecule has 5 heteroatoms. The first kappa shape index (κ1) is 11.6. The van der Waals surface area contributed by atoms with Gasteiger partial charge in [0.2, 0.25) is 5.60 Å². The summed E-state index contributed by atoms with van der Waals surface area (Å²) >= 11 is 0. The lowest BCUT2D eigenvalue weighted by molar-refractivity contribution is -0.162. The van der Waals surface area contributed by atoms with Gasteiger partial charge in [0.05, 0.1) is 0 Å². The molecule has 5 nitrogen and oxygen atoms in total. The SMILES string of the molecule is CC1CC(O)(C(=O)O)C(=O)N1c1ccccc1. The Morgan fingerprint density at radius 3 is 2.47 bits per heavy atom. The molecule has 0 bridgehead atoms. The summed E-state index contributed by atoms with van der Waals surface area (Å²) in [5, 5.41) is 18.8. The normalized spacial score (nSPS) is 28.5. The highest BCUT2D eigenvalue weighted by molar-refractivity contribution is 6.14. The van der Waals surface area contributed by atoms with Crippen LogP contribution in [0.2, 0.25) is 0 Å². The number of carboxylic acid groups (broad SMARTS) is 1. The van der Waals surface area contributed by atoms with Crippen molar-refractivity contribution in [3.8, 4) is 0 Å². The third-order valence-corrected chi connectivity index (χ3v) is 2.99. The van der Waals surface area contributed by atoms with Crippen LogP contribution < -0.4 is 4.90 Å². The molecule has 1 aliphatic heterocycles. The standard InChI is InChI=1S/C12H13NO4/c1-8-7-12(17,11(15)16)10(14)13(8)9-5-3-2-4-6-9/h2-6,8,17H,7H2,1H3,(H,15,16). The molecule has 2 unspecified atom stereocenters. The molecule has 1 amide bonds. The quantitative estimate of drug-likeness (QED) is 0.737. The van der Waals surface area contributed by atoms with Gasteiger partial charge < -0.3 is 15.1 Å². The fourth-order valence-corrected chi connectivity index (χ4v) is 2.14. The van der Waals surface area contributed by atoms with E-state index in [0.717, 1.165) is 0 Å². The summed E-state index contributed by atoms with van der Waals surface area (Å²) in [6, 6.07) is 8.40. The van der Waals surface area contributed by atoms with Gasteiger partial charge in [-0.25, -0.2) is 4.79 Å². The third-order valence-electron chi connectivity index (χ3n) is 2.99. The summed E-state index contributed by atoms with van der Waals surface area (Å²) in [5.41, 5.74) is -1.70. The summed E-state index contributed by atoms with van der Waals surface area (Å²) in [6.45, 7) is 1.71. The molecule has 0 radical (unpaired) electrons. The van der Waals surface area contributed by atoms with Gasteiger partial charge in [-0.2, -0.15) is 0 Å². The maximum Gasteiger partial charge on any atom is 0.345 e. The molecule has 0 saturated carbocycles. The predicted molar refractivity (Wildman–Crippen MR) is 60.6 cm³/mol. The zero-order valence-electron chi connectivity index (χ0n) is 9.33. The maximum absolute atomic E-state index is 12.0. The average Bonchev–Trinajstić information content (AvgIpc) is 2.52. The van der Waals surface area contributed by atoms with E-state index in [0.29, 0.717) is 5.69 Å². The number of para-hydroxylation sites is 1. The van der Waals surface area contributed by atoms with Gasteiger partial charge in [0.1, 0.15) is 0 Å². The molecule has 2 atom stereocenters. The van der Waals surface area contributed by atoms with E-state index in [9.17, 15) is 14.7 Å². The van der Waals surface area contributed by atoms with Crippen molar-refractivity contribution >= 4 is 17.6 Å². The second kappa shape index (κ2) is 3.85.